The topological polar surface area (TPSA) is 38.5 Å². The molecule has 0 radical (unpaired) electrons. The maximum absolute atomic E-state index is 6.14. The molecule has 3 nitrogen and oxygen atoms in total. The third kappa shape index (κ3) is 3.72. The van der Waals surface area contributed by atoms with Gasteiger partial charge >= 0.3 is 0 Å². The van der Waals surface area contributed by atoms with Crippen molar-refractivity contribution in [1.82, 2.24) is 4.90 Å². The first-order valence-electron chi connectivity index (χ1n) is 6.73. The Morgan fingerprint density at radius 1 is 1.22 bits per heavy atom. The number of ether oxygens (including phenoxy) is 1. The number of nitrogens with two attached hydrogens (primary N) is 1. The van der Waals surface area contributed by atoms with Gasteiger partial charge in [-0.25, -0.2) is 0 Å². The van der Waals surface area contributed by atoms with Crippen LogP contribution in [0.4, 0.5) is 0 Å². The molecule has 1 aromatic rings. The molecule has 0 unspecified atom stereocenters. The Morgan fingerprint density at radius 3 is 2.39 bits per heavy atom. The van der Waals surface area contributed by atoms with Crippen LogP contribution in [-0.2, 0) is 6.42 Å². The highest BCUT2D eigenvalue weighted by atomic mass is 16.5. The summed E-state index contributed by atoms with van der Waals surface area (Å²) in [5, 5.41) is 0. The molecule has 1 saturated heterocycles. The molecule has 3 heteroatoms. The molecule has 1 heterocycles. The highest BCUT2D eigenvalue weighted by Gasteiger charge is 2.25. The van der Waals surface area contributed by atoms with Crippen LogP contribution in [0.15, 0.2) is 24.3 Å². The molecule has 1 fully saturated rings. The molecule has 0 aromatic heterocycles. The molecule has 0 amide bonds. The van der Waals surface area contributed by atoms with Gasteiger partial charge in [-0.15, -0.1) is 0 Å². The lowest BCUT2D eigenvalue weighted by atomic mass is 9.91. The van der Waals surface area contributed by atoms with Crippen molar-refractivity contribution >= 4 is 0 Å². The van der Waals surface area contributed by atoms with E-state index in [-0.39, 0.29) is 5.54 Å². The van der Waals surface area contributed by atoms with Crippen LogP contribution in [0.1, 0.15) is 25.3 Å². The largest absolute Gasteiger partial charge is 0.497 e. The van der Waals surface area contributed by atoms with Crippen LogP contribution in [0.2, 0.25) is 0 Å². The second-order valence-corrected chi connectivity index (χ2v) is 5.59. The monoisotopic (exact) mass is 248 g/mol. The summed E-state index contributed by atoms with van der Waals surface area (Å²) in [5.74, 6) is 0.927. The quantitative estimate of drug-likeness (QED) is 0.886. The van der Waals surface area contributed by atoms with Gasteiger partial charge in [0.1, 0.15) is 5.75 Å². The molecule has 0 saturated carbocycles. The number of benzene rings is 1. The fourth-order valence-electron chi connectivity index (χ4n) is 2.37. The molecule has 0 bridgehead atoms. The molecule has 2 N–H and O–H groups in total. The van der Waals surface area contributed by atoms with Gasteiger partial charge in [0.15, 0.2) is 0 Å². The maximum atomic E-state index is 6.14. The van der Waals surface area contributed by atoms with E-state index in [2.05, 4.69) is 24.0 Å². The van der Waals surface area contributed by atoms with Gasteiger partial charge in [-0.1, -0.05) is 12.1 Å². The van der Waals surface area contributed by atoms with E-state index in [0.29, 0.717) is 0 Å². The van der Waals surface area contributed by atoms with Crippen LogP contribution in [0, 0.1) is 0 Å². The first kappa shape index (κ1) is 13.4. The van der Waals surface area contributed by atoms with Crippen LogP contribution in [0.5, 0.6) is 5.75 Å². The lowest BCUT2D eigenvalue weighted by Gasteiger charge is -2.36. The zero-order chi connectivity index (χ0) is 13.0. The van der Waals surface area contributed by atoms with Crippen molar-refractivity contribution in [2.75, 3.05) is 26.7 Å². The predicted molar refractivity (Wildman–Crippen MR) is 75.0 cm³/mol. The van der Waals surface area contributed by atoms with Crippen molar-refractivity contribution in [3.8, 4) is 5.75 Å². The summed E-state index contributed by atoms with van der Waals surface area (Å²) in [7, 11) is 1.70. The molecule has 18 heavy (non-hydrogen) atoms. The zero-order valence-corrected chi connectivity index (χ0v) is 11.5. The fourth-order valence-corrected chi connectivity index (χ4v) is 2.37. The van der Waals surface area contributed by atoms with Crippen LogP contribution in [0.3, 0.4) is 0 Å². The fraction of sp³-hybridized carbons (Fsp3) is 0.600. The zero-order valence-electron chi connectivity index (χ0n) is 11.5. The summed E-state index contributed by atoms with van der Waals surface area (Å²) >= 11 is 0. The number of methoxy groups -OCH3 is 1. The van der Waals surface area contributed by atoms with Crippen molar-refractivity contribution in [3.05, 3.63) is 29.8 Å². The summed E-state index contributed by atoms with van der Waals surface area (Å²) in [6, 6.07) is 8.36. The van der Waals surface area contributed by atoms with E-state index in [1.54, 1.807) is 7.11 Å². The first-order valence-corrected chi connectivity index (χ1v) is 6.73. The van der Waals surface area contributed by atoms with Gasteiger partial charge in [-0.05, 0) is 57.0 Å². The molecule has 1 aliphatic rings. The summed E-state index contributed by atoms with van der Waals surface area (Å²) < 4.78 is 5.16. The molecule has 2 rings (SSSR count). The van der Waals surface area contributed by atoms with Gasteiger partial charge in [-0.3, -0.25) is 0 Å². The van der Waals surface area contributed by atoms with Crippen LogP contribution < -0.4 is 10.5 Å². The van der Waals surface area contributed by atoms with Crippen molar-refractivity contribution in [3.63, 3.8) is 0 Å². The third-order valence-corrected chi connectivity index (χ3v) is 3.87. The molecule has 1 aliphatic heterocycles. The third-order valence-electron chi connectivity index (χ3n) is 3.87. The van der Waals surface area contributed by atoms with Crippen LogP contribution in [-0.4, -0.2) is 37.2 Å². The smallest absolute Gasteiger partial charge is 0.118 e. The van der Waals surface area contributed by atoms with Gasteiger partial charge in [-0.2, -0.15) is 0 Å². The van der Waals surface area contributed by atoms with Crippen molar-refractivity contribution < 1.29 is 4.74 Å². The summed E-state index contributed by atoms with van der Waals surface area (Å²) in [4.78, 5) is 2.51. The van der Waals surface area contributed by atoms with E-state index in [0.717, 1.165) is 44.6 Å². The Morgan fingerprint density at radius 2 is 1.83 bits per heavy atom. The van der Waals surface area contributed by atoms with Gasteiger partial charge in [0, 0.05) is 12.1 Å². The minimum atomic E-state index is 0.0522. The number of nitrogens with zero attached hydrogens (tertiary/aromatic N) is 1. The van der Waals surface area contributed by atoms with Gasteiger partial charge in [0.2, 0.25) is 0 Å². The molecule has 0 atom stereocenters. The van der Waals surface area contributed by atoms with E-state index in [1.807, 2.05) is 12.1 Å². The van der Waals surface area contributed by atoms with Crippen molar-refractivity contribution in [1.29, 1.82) is 0 Å². The summed E-state index contributed by atoms with van der Waals surface area (Å²) in [5.41, 5.74) is 7.56. The number of piperidine rings is 1. The van der Waals surface area contributed by atoms with Crippen LogP contribution >= 0.6 is 0 Å². The predicted octanol–water partition coefficient (Wildman–Crippen LogP) is 2.05. The molecule has 1 aromatic carbocycles. The first-order chi connectivity index (χ1) is 8.59. The lowest BCUT2D eigenvalue weighted by Crippen LogP contribution is -2.48. The lowest BCUT2D eigenvalue weighted by molar-refractivity contribution is 0.173. The Bertz CT molecular complexity index is 363. The second kappa shape index (κ2) is 5.72. The van der Waals surface area contributed by atoms with E-state index in [1.165, 1.54) is 5.56 Å². The number of rotatable bonds is 4. The van der Waals surface area contributed by atoms with Gasteiger partial charge < -0.3 is 15.4 Å². The van der Waals surface area contributed by atoms with Crippen LogP contribution in [0.25, 0.3) is 0 Å². The van der Waals surface area contributed by atoms with E-state index in [4.69, 9.17) is 10.5 Å². The standard InChI is InChI=1S/C15H24N2O/c1-15(16)8-11-17(12-9-15)10-7-13-3-5-14(18-2)6-4-13/h3-6H,7-12,16H2,1-2H3. The van der Waals surface area contributed by atoms with E-state index >= 15 is 0 Å². The average Bonchev–Trinajstić information content (AvgIpc) is 2.38. The highest BCUT2D eigenvalue weighted by Crippen LogP contribution is 2.19. The highest BCUT2D eigenvalue weighted by molar-refractivity contribution is 5.27. The Balaban J connectivity index is 1.78. The second-order valence-electron chi connectivity index (χ2n) is 5.59. The number of likely N-dealkylation sites (tertiary alicyclic amines) is 1. The molecule has 0 aliphatic carbocycles. The molecule has 100 valence electrons. The van der Waals surface area contributed by atoms with Crippen molar-refractivity contribution in [2.24, 2.45) is 5.73 Å². The number of hydrogen-bond acceptors (Lipinski definition) is 3. The van der Waals surface area contributed by atoms with Gasteiger partial charge in [0.05, 0.1) is 7.11 Å². The van der Waals surface area contributed by atoms with E-state index < -0.39 is 0 Å². The molecular weight excluding hydrogens is 224 g/mol. The normalized spacial score (nSPS) is 19.7. The Hall–Kier alpha value is -1.06. The Labute approximate surface area is 110 Å². The van der Waals surface area contributed by atoms with Crippen molar-refractivity contribution in [2.45, 2.75) is 31.7 Å². The molecule has 0 spiro atoms. The average molecular weight is 248 g/mol. The minimum Gasteiger partial charge on any atom is -0.497 e. The summed E-state index contributed by atoms with van der Waals surface area (Å²) in [6.45, 7) is 5.54. The molecular formula is C15H24N2O. The minimum absolute atomic E-state index is 0.0522. The summed E-state index contributed by atoms with van der Waals surface area (Å²) in [6.07, 6.45) is 3.32. The van der Waals surface area contributed by atoms with E-state index in [9.17, 15) is 0 Å². The SMILES string of the molecule is COc1ccc(CCN2CCC(C)(N)CC2)cc1. The Kier molecular flexibility index (Phi) is 4.25. The number of hydrogen-bond donors (Lipinski definition) is 1. The van der Waals surface area contributed by atoms with Gasteiger partial charge in [0.25, 0.3) is 0 Å². The maximum Gasteiger partial charge on any atom is 0.118 e.